The molecule has 3 aromatic rings. The van der Waals surface area contributed by atoms with Crippen LogP contribution >= 0.6 is 0 Å². The monoisotopic (exact) mass is 1060 g/mol. The zero-order valence-corrected chi connectivity index (χ0v) is 46.3. The van der Waals surface area contributed by atoms with Gasteiger partial charge in [0.1, 0.15) is 34.8 Å². The van der Waals surface area contributed by atoms with Crippen LogP contribution in [0.25, 0.3) is 0 Å². The van der Waals surface area contributed by atoms with E-state index in [9.17, 15) is 38.4 Å². The quantitative estimate of drug-likeness (QED) is 0.0415. The number of rotatable bonds is 28. The molecule has 18 nitrogen and oxygen atoms in total. The van der Waals surface area contributed by atoms with Crippen LogP contribution in [0.5, 0.6) is 11.5 Å². The molecule has 0 bridgehead atoms. The summed E-state index contributed by atoms with van der Waals surface area (Å²) < 4.78 is 30.8. The van der Waals surface area contributed by atoms with Crippen LogP contribution in [0, 0.1) is 11.8 Å². The van der Waals surface area contributed by atoms with Gasteiger partial charge < -0.3 is 48.9 Å². The summed E-state index contributed by atoms with van der Waals surface area (Å²) in [6.45, 7) is 20.9. The third-order valence-electron chi connectivity index (χ3n) is 11.2. The second-order valence-electron chi connectivity index (χ2n) is 19.9. The van der Waals surface area contributed by atoms with Crippen molar-refractivity contribution < 1.29 is 66.8 Å². The molecule has 0 saturated heterocycles. The highest BCUT2D eigenvalue weighted by atomic mass is 16.6. The van der Waals surface area contributed by atoms with E-state index in [1.165, 1.54) is 14.2 Å². The van der Waals surface area contributed by atoms with Crippen LogP contribution in [-0.4, -0.2) is 122 Å². The molecule has 2 N–H and O–H groups in total. The fraction of sp³-hybridized carbons (Fsp3) is 0.483. The Hall–Kier alpha value is -7.50. The van der Waals surface area contributed by atoms with Gasteiger partial charge in [0, 0.05) is 44.9 Å². The fourth-order valence-corrected chi connectivity index (χ4v) is 7.43. The molecule has 0 fully saturated rings. The van der Waals surface area contributed by atoms with Gasteiger partial charge in [0.05, 0.1) is 47.2 Å². The van der Waals surface area contributed by atoms with E-state index < -0.39 is 70.8 Å². The predicted molar refractivity (Wildman–Crippen MR) is 287 cm³/mol. The third-order valence-corrected chi connectivity index (χ3v) is 11.2. The highest BCUT2D eigenvalue weighted by Gasteiger charge is 2.32. The Morgan fingerprint density at radius 1 is 0.553 bits per heavy atom. The summed E-state index contributed by atoms with van der Waals surface area (Å²) in [5.41, 5.74) is 1.31. The molecule has 0 saturated carbocycles. The van der Waals surface area contributed by atoms with E-state index in [0.29, 0.717) is 37.7 Å². The SMILES string of the molecule is C=CCN(Cc1ccc(OC)cc1)C(=O)CC[C@H](NC(=O)[C@@H](C)CC(=O)OC(C)(C)C)C(=O)OC.C=CCN(Cc1ccc(OC)cc1)C(=O)CC[C@H](NC(=O)[C@H](CC(=O)OC(C)(C)C)Cc1ccccc1)C(=O)OC. The first-order valence-electron chi connectivity index (χ1n) is 25.1. The molecular formula is C58H80N4O14. The molecule has 0 unspecified atom stereocenters. The van der Waals surface area contributed by atoms with Gasteiger partial charge in [-0.2, -0.15) is 0 Å². The van der Waals surface area contributed by atoms with E-state index >= 15 is 0 Å². The second-order valence-corrected chi connectivity index (χ2v) is 19.9. The standard InChI is InChI=1S/C32H42N2O7.C26H38N2O7/c1-7-19-34(22-24-13-15-26(39-5)16-14-24)28(35)18-17-27(31(38)40-6)33-30(37)25(20-23-11-9-8-10-12-23)21-29(36)41-32(2,3)4;1-8-15-28(17-19-9-11-20(33-6)12-10-19)22(29)14-13-21(25(32)34-7)27-24(31)18(2)16-23(30)35-26(3,4)5/h7-16,25,27H,1,17-22H2,2-6H3,(H,33,37);8-12,18,21H,1,13-17H2,2-7H3,(H,27,31)/t25-,27-;18-,21-/m00/s1. The summed E-state index contributed by atoms with van der Waals surface area (Å²) in [7, 11) is 5.60. The molecule has 0 spiro atoms. The van der Waals surface area contributed by atoms with Gasteiger partial charge in [-0.05, 0) is 102 Å². The summed E-state index contributed by atoms with van der Waals surface area (Å²) in [5, 5.41) is 5.32. The number of nitrogens with one attached hydrogen (secondary N) is 2. The Morgan fingerprint density at radius 2 is 0.947 bits per heavy atom. The van der Waals surface area contributed by atoms with Crippen molar-refractivity contribution in [1.82, 2.24) is 20.4 Å². The van der Waals surface area contributed by atoms with Crippen molar-refractivity contribution in [2.45, 2.75) is 130 Å². The summed E-state index contributed by atoms with van der Waals surface area (Å²) in [6, 6.07) is 21.9. The van der Waals surface area contributed by atoms with Gasteiger partial charge in [-0.15, -0.1) is 13.2 Å². The molecule has 4 atom stereocenters. The predicted octanol–water partition coefficient (Wildman–Crippen LogP) is 7.25. The first-order valence-corrected chi connectivity index (χ1v) is 25.1. The van der Waals surface area contributed by atoms with Crippen molar-refractivity contribution in [1.29, 1.82) is 0 Å². The van der Waals surface area contributed by atoms with Gasteiger partial charge in [-0.25, -0.2) is 9.59 Å². The lowest BCUT2D eigenvalue weighted by Crippen LogP contribution is -2.46. The van der Waals surface area contributed by atoms with E-state index in [1.54, 1.807) is 84.6 Å². The van der Waals surface area contributed by atoms with Gasteiger partial charge in [0.15, 0.2) is 0 Å². The average molecular weight is 1060 g/mol. The third kappa shape index (κ3) is 25.2. The minimum absolute atomic E-state index is 0.00445. The molecule has 3 aromatic carbocycles. The summed E-state index contributed by atoms with van der Waals surface area (Å²) in [4.78, 5) is 105. The first-order chi connectivity index (χ1) is 35.8. The number of hydrogen-bond acceptors (Lipinski definition) is 14. The Kier molecular flexibility index (Phi) is 27.8. The zero-order valence-electron chi connectivity index (χ0n) is 46.3. The van der Waals surface area contributed by atoms with E-state index in [2.05, 4.69) is 23.8 Å². The van der Waals surface area contributed by atoms with Crippen molar-refractivity contribution in [2.24, 2.45) is 11.8 Å². The van der Waals surface area contributed by atoms with Crippen LogP contribution in [0.1, 0.15) is 104 Å². The molecule has 416 valence electrons. The molecule has 3 rings (SSSR count). The Balaban J connectivity index is 0.000000527. The number of esters is 4. The molecular weight excluding hydrogens is 977 g/mol. The topological polar surface area (TPSA) is 222 Å². The highest BCUT2D eigenvalue weighted by molar-refractivity contribution is 5.89. The number of methoxy groups -OCH3 is 4. The number of amides is 4. The van der Waals surface area contributed by atoms with Crippen LogP contribution in [0.15, 0.2) is 104 Å². The van der Waals surface area contributed by atoms with E-state index in [1.807, 2.05) is 78.9 Å². The fourth-order valence-electron chi connectivity index (χ4n) is 7.43. The first kappa shape index (κ1) is 64.6. The van der Waals surface area contributed by atoms with Crippen molar-refractivity contribution in [3.63, 3.8) is 0 Å². The van der Waals surface area contributed by atoms with Crippen LogP contribution in [0.4, 0.5) is 0 Å². The maximum atomic E-state index is 13.4. The summed E-state index contributed by atoms with van der Waals surface area (Å²) >= 11 is 0. The molecule has 0 radical (unpaired) electrons. The molecule has 18 heteroatoms. The Morgan fingerprint density at radius 3 is 1.32 bits per heavy atom. The Labute approximate surface area is 448 Å². The minimum Gasteiger partial charge on any atom is -0.497 e. The zero-order chi connectivity index (χ0) is 57.0. The van der Waals surface area contributed by atoms with Crippen molar-refractivity contribution in [2.75, 3.05) is 41.5 Å². The summed E-state index contributed by atoms with van der Waals surface area (Å²) in [5.74, 6) is -3.86. The molecule has 4 amide bonds. The lowest BCUT2D eigenvalue weighted by Gasteiger charge is -2.25. The second kappa shape index (κ2) is 32.7. The normalized spacial score (nSPS) is 12.5. The van der Waals surface area contributed by atoms with Crippen LogP contribution < -0.4 is 20.1 Å². The van der Waals surface area contributed by atoms with Gasteiger partial charge in [-0.3, -0.25) is 28.8 Å². The van der Waals surface area contributed by atoms with Crippen LogP contribution in [0.2, 0.25) is 0 Å². The lowest BCUT2D eigenvalue weighted by molar-refractivity contribution is -0.158. The van der Waals surface area contributed by atoms with Crippen LogP contribution in [-0.2, 0) is 76.8 Å². The molecule has 0 heterocycles. The van der Waals surface area contributed by atoms with E-state index in [0.717, 1.165) is 16.7 Å². The van der Waals surface area contributed by atoms with E-state index in [4.69, 9.17) is 28.4 Å². The Bertz CT molecular complexity index is 2360. The average Bonchev–Trinajstić information content (AvgIpc) is 3.37. The largest absolute Gasteiger partial charge is 0.497 e. The number of ether oxygens (including phenoxy) is 6. The lowest BCUT2D eigenvalue weighted by atomic mass is 9.94. The van der Waals surface area contributed by atoms with E-state index in [-0.39, 0.29) is 56.8 Å². The van der Waals surface area contributed by atoms with Gasteiger partial charge in [-0.1, -0.05) is 73.7 Å². The molecule has 0 aromatic heterocycles. The number of benzene rings is 3. The maximum Gasteiger partial charge on any atom is 0.328 e. The molecule has 0 aliphatic carbocycles. The molecule has 76 heavy (non-hydrogen) atoms. The van der Waals surface area contributed by atoms with Crippen LogP contribution in [0.3, 0.4) is 0 Å². The number of hydrogen-bond donors (Lipinski definition) is 2. The number of carbonyl (C=O) groups is 8. The minimum atomic E-state index is -1.07. The van der Waals surface area contributed by atoms with Crippen molar-refractivity contribution >= 4 is 47.5 Å². The molecule has 0 aliphatic heterocycles. The van der Waals surface area contributed by atoms with Crippen molar-refractivity contribution in [3.8, 4) is 11.5 Å². The number of nitrogens with zero attached hydrogens (tertiary/aromatic N) is 2. The smallest absolute Gasteiger partial charge is 0.328 e. The number of carbonyl (C=O) groups excluding carboxylic acids is 8. The highest BCUT2D eigenvalue weighted by Crippen LogP contribution is 2.20. The maximum absolute atomic E-state index is 13.4. The van der Waals surface area contributed by atoms with Gasteiger partial charge in [0.25, 0.3) is 0 Å². The summed E-state index contributed by atoms with van der Waals surface area (Å²) in [6.07, 6.45) is 3.29. The van der Waals surface area contributed by atoms with Crippen molar-refractivity contribution in [3.05, 3.63) is 121 Å². The van der Waals surface area contributed by atoms with Gasteiger partial charge >= 0.3 is 23.9 Å². The van der Waals surface area contributed by atoms with Gasteiger partial charge in [0.2, 0.25) is 23.6 Å². The molecule has 0 aliphatic rings.